The molecule has 0 aliphatic carbocycles. The van der Waals surface area contributed by atoms with Crippen molar-refractivity contribution in [3.63, 3.8) is 0 Å². The van der Waals surface area contributed by atoms with E-state index in [1.165, 1.54) is 0 Å². The Hall–Kier alpha value is -2.41. The Morgan fingerprint density at radius 1 is 1.57 bits per heavy atom. The highest BCUT2D eigenvalue weighted by Crippen LogP contribution is 2.23. The summed E-state index contributed by atoms with van der Waals surface area (Å²) >= 11 is 0. The lowest BCUT2D eigenvalue weighted by Crippen LogP contribution is -2.09. The zero-order valence-corrected chi connectivity index (χ0v) is 12.4. The van der Waals surface area contributed by atoms with Crippen molar-refractivity contribution in [3.8, 4) is 0 Å². The maximum atomic E-state index is 9.41. The number of amidine groups is 1. The maximum Gasteiger partial charge on any atom is 0.156 e. The quantitative estimate of drug-likeness (QED) is 0.567. The third kappa shape index (κ3) is 3.19. The first-order chi connectivity index (χ1) is 10.1. The minimum Gasteiger partial charge on any atom is -0.394 e. The van der Waals surface area contributed by atoms with E-state index in [1.807, 2.05) is 24.5 Å². The molecule has 0 aromatic carbocycles. The fourth-order valence-corrected chi connectivity index (χ4v) is 2.13. The second-order valence-electron chi connectivity index (χ2n) is 4.84. The lowest BCUT2D eigenvalue weighted by atomic mass is 10.3. The average molecular weight is 288 g/mol. The van der Waals surface area contributed by atoms with Crippen LogP contribution in [-0.2, 0) is 6.61 Å². The van der Waals surface area contributed by atoms with E-state index < -0.39 is 0 Å². The van der Waals surface area contributed by atoms with Gasteiger partial charge in [-0.1, -0.05) is 0 Å². The Bertz CT molecular complexity index is 686. The van der Waals surface area contributed by atoms with Crippen LogP contribution < -0.4 is 11.1 Å². The number of imidazole rings is 1. The van der Waals surface area contributed by atoms with Crippen LogP contribution in [0.5, 0.6) is 0 Å². The van der Waals surface area contributed by atoms with E-state index >= 15 is 0 Å². The third-order valence-corrected chi connectivity index (χ3v) is 2.96. The lowest BCUT2D eigenvalue weighted by Gasteiger charge is -2.11. The number of aromatic nitrogens is 3. The molecule has 0 radical (unpaired) electrons. The van der Waals surface area contributed by atoms with Crippen molar-refractivity contribution < 1.29 is 5.11 Å². The number of hydrogen-bond donors (Lipinski definition) is 3. The number of fused-ring (bicyclic) bond motifs is 1. The van der Waals surface area contributed by atoms with Gasteiger partial charge in [-0.3, -0.25) is 0 Å². The predicted octanol–water partition coefficient (Wildman–Crippen LogP) is 1.23. The van der Waals surface area contributed by atoms with Crippen molar-refractivity contribution in [2.75, 3.05) is 7.05 Å². The van der Waals surface area contributed by atoms with Gasteiger partial charge in [0.1, 0.15) is 23.8 Å². The largest absolute Gasteiger partial charge is 0.394 e. The van der Waals surface area contributed by atoms with Crippen LogP contribution >= 0.6 is 0 Å². The standard InChI is InChI=1S/C14H20N6O/c1-9(2)20-11-6-13(19-12(15)4-5-16-3)17-7-10(11)18-14(20)8-21/h4-7,9,16,21H,8H2,1-3H3,(H2,15,17,19)/b5-4-. The Balaban J connectivity index is 2.50. The van der Waals surface area contributed by atoms with E-state index in [9.17, 15) is 5.11 Å². The number of aliphatic hydroxyl groups is 1. The van der Waals surface area contributed by atoms with Gasteiger partial charge in [0.2, 0.25) is 0 Å². The maximum absolute atomic E-state index is 9.41. The number of aliphatic imine (C=N–C) groups is 1. The van der Waals surface area contributed by atoms with E-state index in [4.69, 9.17) is 5.73 Å². The molecule has 4 N–H and O–H groups in total. The van der Waals surface area contributed by atoms with Crippen LogP contribution in [0.15, 0.2) is 29.5 Å². The normalized spacial score (nSPS) is 12.7. The Morgan fingerprint density at radius 3 is 2.95 bits per heavy atom. The summed E-state index contributed by atoms with van der Waals surface area (Å²) in [5.74, 6) is 1.48. The van der Waals surface area contributed by atoms with Crippen LogP contribution in [0, 0.1) is 0 Å². The second-order valence-corrected chi connectivity index (χ2v) is 4.84. The van der Waals surface area contributed by atoms with Crippen molar-refractivity contribution in [1.29, 1.82) is 0 Å². The van der Waals surface area contributed by atoms with Crippen LogP contribution in [0.3, 0.4) is 0 Å². The number of nitrogens with one attached hydrogen (secondary N) is 1. The highest BCUT2D eigenvalue weighted by Gasteiger charge is 2.13. The van der Waals surface area contributed by atoms with E-state index in [0.717, 1.165) is 11.0 Å². The molecule has 0 aliphatic rings. The lowest BCUT2D eigenvalue weighted by molar-refractivity contribution is 0.263. The summed E-state index contributed by atoms with van der Waals surface area (Å²) in [5.41, 5.74) is 7.40. The molecule has 2 aromatic rings. The Morgan fingerprint density at radius 2 is 2.33 bits per heavy atom. The minimum atomic E-state index is -0.113. The van der Waals surface area contributed by atoms with Crippen molar-refractivity contribution in [2.45, 2.75) is 26.5 Å². The summed E-state index contributed by atoms with van der Waals surface area (Å²) in [4.78, 5) is 12.8. The second kappa shape index (κ2) is 6.36. The molecule has 0 saturated heterocycles. The van der Waals surface area contributed by atoms with Crippen LogP contribution in [0.4, 0.5) is 5.82 Å². The number of rotatable bonds is 5. The van der Waals surface area contributed by atoms with Crippen LogP contribution in [-0.4, -0.2) is 32.5 Å². The number of aliphatic hydroxyl groups excluding tert-OH is 1. The molecule has 0 aliphatic heterocycles. The monoisotopic (exact) mass is 288 g/mol. The summed E-state index contributed by atoms with van der Waals surface area (Å²) in [7, 11) is 1.78. The third-order valence-electron chi connectivity index (χ3n) is 2.96. The smallest absolute Gasteiger partial charge is 0.156 e. The summed E-state index contributed by atoms with van der Waals surface area (Å²) in [6, 6.07) is 2.00. The Labute approximate surface area is 123 Å². The van der Waals surface area contributed by atoms with Gasteiger partial charge in [0, 0.05) is 19.2 Å². The zero-order chi connectivity index (χ0) is 15.4. The molecule has 0 atom stereocenters. The first kappa shape index (κ1) is 15.0. The topological polar surface area (TPSA) is 101 Å². The van der Waals surface area contributed by atoms with Gasteiger partial charge in [0.05, 0.1) is 11.7 Å². The summed E-state index contributed by atoms with van der Waals surface area (Å²) in [6.45, 7) is 3.96. The molecule has 0 bridgehead atoms. The highest BCUT2D eigenvalue weighted by molar-refractivity contribution is 5.93. The van der Waals surface area contributed by atoms with Gasteiger partial charge < -0.3 is 20.7 Å². The SMILES string of the molecule is CN/C=C\C(N)=Nc1cc2c(cn1)nc(CO)n2C(C)C. The molecule has 2 aromatic heterocycles. The highest BCUT2D eigenvalue weighted by atomic mass is 16.3. The van der Waals surface area contributed by atoms with Gasteiger partial charge in [-0.05, 0) is 26.1 Å². The molecular weight excluding hydrogens is 268 g/mol. The summed E-state index contributed by atoms with van der Waals surface area (Å²) in [5, 5.41) is 12.3. The average Bonchev–Trinajstić information content (AvgIpc) is 2.82. The molecule has 7 nitrogen and oxygen atoms in total. The van der Waals surface area contributed by atoms with Gasteiger partial charge in [0.15, 0.2) is 5.82 Å². The number of nitrogens with two attached hydrogens (primary N) is 1. The van der Waals surface area contributed by atoms with Gasteiger partial charge in [-0.15, -0.1) is 0 Å². The number of hydrogen-bond acceptors (Lipinski definition) is 5. The molecule has 21 heavy (non-hydrogen) atoms. The first-order valence-corrected chi connectivity index (χ1v) is 6.72. The van der Waals surface area contributed by atoms with Crippen LogP contribution in [0.25, 0.3) is 11.0 Å². The van der Waals surface area contributed by atoms with Crippen molar-refractivity contribution in [3.05, 3.63) is 30.4 Å². The molecule has 0 unspecified atom stereocenters. The molecule has 0 fully saturated rings. The van der Waals surface area contributed by atoms with Crippen molar-refractivity contribution >= 4 is 22.7 Å². The van der Waals surface area contributed by atoms with E-state index in [2.05, 4.69) is 20.3 Å². The fourth-order valence-electron chi connectivity index (χ4n) is 2.13. The first-order valence-electron chi connectivity index (χ1n) is 6.72. The summed E-state index contributed by atoms with van der Waals surface area (Å²) < 4.78 is 1.97. The van der Waals surface area contributed by atoms with Crippen LogP contribution in [0.1, 0.15) is 25.7 Å². The number of nitrogens with zero attached hydrogens (tertiary/aromatic N) is 4. The molecule has 2 heterocycles. The van der Waals surface area contributed by atoms with Crippen molar-refractivity contribution in [1.82, 2.24) is 19.9 Å². The fraction of sp³-hybridized carbons (Fsp3) is 0.357. The molecule has 7 heteroatoms. The van der Waals surface area contributed by atoms with Gasteiger partial charge in [-0.25, -0.2) is 15.0 Å². The minimum absolute atomic E-state index is 0.113. The molecule has 0 amide bonds. The summed E-state index contributed by atoms with van der Waals surface area (Å²) in [6.07, 6.45) is 4.99. The Kier molecular flexibility index (Phi) is 4.54. The molecule has 112 valence electrons. The van der Waals surface area contributed by atoms with E-state index in [-0.39, 0.29) is 12.6 Å². The van der Waals surface area contributed by atoms with E-state index in [0.29, 0.717) is 17.5 Å². The van der Waals surface area contributed by atoms with Crippen LogP contribution in [0.2, 0.25) is 0 Å². The van der Waals surface area contributed by atoms with Gasteiger partial charge in [-0.2, -0.15) is 0 Å². The van der Waals surface area contributed by atoms with Gasteiger partial charge in [0.25, 0.3) is 0 Å². The predicted molar refractivity (Wildman–Crippen MR) is 83.3 cm³/mol. The molecule has 2 rings (SSSR count). The number of pyridine rings is 1. The zero-order valence-electron chi connectivity index (χ0n) is 12.4. The molecular formula is C14H20N6O. The van der Waals surface area contributed by atoms with E-state index in [1.54, 1.807) is 25.5 Å². The molecule has 0 saturated carbocycles. The molecule has 0 spiro atoms. The van der Waals surface area contributed by atoms with Crippen molar-refractivity contribution in [2.24, 2.45) is 10.7 Å². The van der Waals surface area contributed by atoms with Gasteiger partial charge >= 0.3 is 0 Å².